The fourth-order valence-corrected chi connectivity index (χ4v) is 2.52. The van der Waals surface area contributed by atoms with Crippen molar-refractivity contribution in [2.24, 2.45) is 0 Å². The molecule has 3 rings (SSSR count). The second-order valence-corrected chi connectivity index (χ2v) is 5.27. The molecule has 1 aliphatic heterocycles. The van der Waals surface area contributed by atoms with Crippen molar-refractivity contribution in [3.8, 4) is 5.75 Å². The highest BCUT2D eigenvalue weighted by Gasteiger charge is 2.34. The monoisotopic (exact) mass is 317 g/mol. The number of carboxylic acid groups (broad SMARTS) is 1. The lowest BCUT2D eigenvalue weighted by atomic mass is 10.1. The molecule has 1 atom stereocenters. The molecule has 1 N–H and O–H groups in total. The summed E-state index contributed by atoms with van der Waals surface area (Å²) in [4.78, 5) is 25.3. The van der Waals surface area contributed by atoms with Crippen molar-refractivity contribution in [1.82, 2.24) is 0 Å². The molecule has 1 aliphatic rings. The first kappa shape index (κ1) is 14.4. The molecule has 0 aliphatic carbocycles. The number of fused-ring (bicyclic) bond motifs is 1. The second-order valence-electron chi connectivity index (χ2n) is 4.84. The summed E-state index contributed by atoms with van der Waals surface area (Å²) in [5.41, 5.74) is 0.943. The predicted octanol–water partition coefficient (Wildman–Crippen LogP) is 2.83. The molecule has 112 valence electrons. The van der Waals surface area contributed by atoms with Gasteiger partial charge < -0.3 is 14.7 Å². The fourth-order valence-electron chi connectivity index (χ4n) is 2.33. The van der Waals surface area contributed by atoms with Gasteiger partial charge in [0.15, 0.2) is 0 Å². The molecule has 0 spiro atoms. The van der Waals surface area contributed by atoms with Crippen LogP contribution in [0.1, 0.15) is 10.4 Å². The Morgan fingerprint density at radius 2 is 1.95 bits per heavy atom. The van der Waals surface area contributed by atoms with Gasteiger partial charge in [-0.15, -0.1) is 0 Å². The van der Waals surface area contributed by atoms with Gasteiger partial charge in [-0.25, -0.2) is 4.79 Å². The lowest BCUT2D eigenvalue weighted by molar-refractivity contribution is -0.144. The molecule has 5 nitrogen and oxygen atoms in total. The maximum absolute atomic E-state index is 12.7. The minimum atomic E-state index is -1.11. The van der Waals surface area contributed by atoms with Crippen LogP contribution in [0.15, 0.2) is 48.5 Å². The highest BCUT2D eigenvalue weighted by Crippen LogP contribution is 2.34. The van der Waals surface area contributed by atoms with Crippen molar-refractivity contribution in [2.75, 3.05) is 11.4 Å². The summed E-state index contributed by atoms with van der Waals surface area (Å²) in [5.74, 6) is -1.06. The highest BCUT2D eigenvalue weighted by molar-refractivity contribution is 6.31. The summed E-state index contributed by atoms with van der Waals surface area (Å²) in [6.07, 6.45) is -1.10. The molecular weight excluding hydrogens is 306 g/mol. The average Bonchev–Trinajstić information content (AvgIpc) is 2.53. The van der Waals surface area contributed by atoms with Gasteiger partial charge in [0.1, 0.15) is 5.75 Å². The lowest BCUT2D eigenvalue weighted by Crippen LogP contribution is -2.47. The Bertz CT molecular complexity index is 746. The zero-order valence-electron chi connectivity index (χ0n) is 11.4. The molecular formula is C16H12ClNO4. The van der Waals surface area contributed by atoms with E-state index in [0.717, 1.165) is 0 Å². The number of ether oxygens (including phenoxy) is 1. The van der Waals surface area contributed by atoms with Crippen molar-refractivity contribution < 1.29 is 19.4 Å². The summed E-state index contributed by atoms with van der Waals surface area (Å²) >= 11 is 5.92. The van der Waals surface area contributed by atoms with E-state index < -0.39 is 12.1 Å². The first-order valence-corrected chi connectivity index (χ1v) is 7.00. The van der Waals surface area contributed by atoms with E-state index in [0.29, 0.717) is 22.0 Å². The number of hydrogen-bond donors (Lipinski definition) is 1. The van der Waals surface area contributed by atoms with Gasteiger partial charge in [-0.3, -0.25) is 4.79 Å². The quantitative estimate of drug-likeness (QED) is 0.925. The molecule has 2 aromatic carbocycles. The zero-order chi connectivity index (χ0) is 15.7. The van der Waals surface area contributed by atoms with Crippen LogP contribution in [0.4, 0.5) is 5.69 Å². The van der Waals surface area contributed by atoms with Gasteiger partial charge in [-0.05, 0) is 30.3 Å². The van der Waals surface area contributed by atoms with Crippen molar-refractivity contribution in [2.45, 2.75) is 6.10 Å². The summed E-state index contributed by atoms with van der Waals surface area (Å²) in [6, 6.07) is 13.4. The third-order valence-corrected chi connectivity index (χ3v) is 3.60. The van der Waals surface area contributed by atoms with E-state index >= 15 is 0 Å². The Hall–Kier alpha value is -2.53. The zero-order valence-corrected chi connectivity index (χ0v) is 12.2. The Kier molecular flexibility index (Phi) is 3.73. The van der Waals surface area contributed by atoms with Crippen molar-refractivity contribution in [3.05, 3.63) is 59.1 Å². The molecule has 6 heteroatoms. The van der Waals surface area contributed by atoms with Gasteiger partial charge in [0.05, 0.1) is 12.2 Å². The van der Waals surface area contributed by atoms with Crippen LogP contribution in [0.2, 0.25) is 5.02 Å². The van der Waals surface area contributed by atoms with E-state index in [9.17, 15) is 14.7 Å². The normalized spacial score (nSPS) is 16.6. The van der Waals surface area contributed by atoms with Crippen LogP contribution in [-0.4, -0.2) is 29.6 Å². The van der Waals surface area contributed by atoms with Gasteiger partial charge in [-0.2, -0.15) is 0 Å². The van der Waals surface area contributed by atoms with Crippen LogP contribution < -0.4 is 9.64 Å². The van der Waals surface area contributed by atoms with Gasteiger partial charge >= 0.3 is 5.97 Å². The molecule has 0 aromatic heterocycles. The Morgan fingerprint density at radius 3 is 2.68 bits per heavy atom. The molecule has 1 heterocycles. The van der Waals surface area contributed by atoms with E-state index in [4.69, 9.17) is 16.3 Å². The number of para-hydroxylation sites is 2. The average molecular weight is 318 g/mol. The van der Waals surface area contributed by atoms with Crippen LogP contribution in [0.25, 0.3) is 0 Å². The van der Waals surface area contributed by atoms with Gasteiger partial charge in [-0.1, -0.05) is 29.8 Å². The molecule has 0 radical (unpaired) electrons. The molecule has 0 saturated carbocycles. The highest BCUT2D eigenvalue weighted by atomic mass is 35.5. The van der Waals surface area contributed by atoms with Crippen LogP contribution in [0.3, 0.4) is 0 Å². The first-order valence-electron chi connectivity index (χ1n) is 6.62. The van der Waals surface area contributed by atoms with Gasteiger partial charge in [0, 0.05) is 10.6 Å². The molecule has 0 unspecified atom stereocenters. The van der Waals surface area contributed by atoms with Crippen LogP contribution in [0.5, 0.6) is 5.75 Å². The minimum absolute atomic E-state index is 0.0578. The largest absolute Gasteiger partial charge is 0.478 e. The predicted molar refractivity (Wildman–Crippen MR) is 81.6 cm³/mol. The third kappa shape index (κ3) is 2.63. The van der Waals surface area contributed by atoms with Crippen molar-refractivity contribution in [3.63, 3.8) is 0 Å². The molecule has 0 fully saturated rings. The van der Waals surface area contributed by atoms with E-state index in [1.807, 2.05) is 0 Å². The Morgan fingerprint density at radius 1 is 1.18 bits per heavy atom. The number of carboxylic acids is 1. The van der Waals surface area contributed by atoms with E-state index in [1.54, 1.807) is 48.5 Å². The number of anilines is 1. The smallest absolute Gasteiger partial charge is 0.346 e. The lowest BCUT2D eigenvalue weighted by Gasteiger charge is -2.33. The third-order valence-electron chi connectivity index (χ3n) is 3.37. The summed E-state index contributed by atoms with van der Waals surface area (Å²) in [5, 5.41) is 9.64. The van der Waals surface area contributed by atoms with Crippen LogP contribution >= 0.6 is 11.6 Å². The number of nitrogens with zero attached hydrogens (tertiary/aromatic N) is 1. The van der Waals surface area contributed by atoms with Crippen molar-refractivity contribution >= 4 is 29.2 Å². The van der Waals surface area contributed by atoms with E-state index in [2.05, 4.69) is 0 Å². The standard InChI is InChI=1S/C16H12ClNO4/c17-11-5-3-4-10(8-11)15(19)18-9-14(16(20)21)22-13-7-2-1-6-12(13)18/h1-8,14H,9H2,(H,20,21)/t14-/m0/s1. The molecule has 0 saturated heterocycles. The summed E-state index contributed by atoms with van der Waals surface area (Å²) < 4.78 is 5.41. The fraction of sp³-hybridized carbons (Fsp3) is 0.125. The molecule has 1 amide bonds. The number of halogens is 1. The number of amides is 1. The number of carbonyl (C=O) groups is 2. The first-order chi connectivity index (χ1) is 10.6. The maximum atomic E-state index is 12.7. The topological polar surface area (TPSA) is 66.8 Å². The van der Waals surface area contributed by atoms with Gasteiger partial charge in [0.2, 0.25) is 6.10 Å². The van der Waals surface area contributed by atoms with E-state index in [-0.39, 0.29) is 12.5 Å². The number of aliphatic carboxylic acids is 1. The van der Waals surface area contributed by atoms with Crippen LogP contribution in [-0.2, 0) is 4.79 Å². The molecule has 2 aromatic rings. The van der Waals surface area contributed by atoms with Crippen LogP contribution in [0, 0.1) is 0 Å². The number of rotatable bonds is 2. The maximum Gasteiger partial charge on any atom is 0.346 e. The number of benzene rings is 2. The van der Waals surface area contributed by atoms with Gasteiger partial charge in [0.25, 0.3) is 5.91 Å². The Balaban J connectivity index is 2.01. The Labute approximate surface area is 131 Å². The second kappa shape index (κ2) is 5.69. The summed E-state index contributed by atoms with van der Waals surface area (Å²) in [6.45, 7) is -0.0578. The molecule has 0 bridgehead atoms. The summed E-state index contributed by atoms with van der Waals surface area (Å²) in [7, 11) is 0. The number of hydrogen-bond acceptors (Lipinski definition) is 3. The number of carbonyl (C=O) groups excluding carboxylic acids is 1. The van der Waals surface area contributed by atoms with Crippen molar-refractivity contribution in [1.29, 1.82) is 0 Å². The molecule has 22 heavy (non-hydrogen) atoms. The van der Waals surface area contributed by atoms with E-state index in [1.165, 1.54) is 4.90 Å². The minimum Gasteiger partial charge on any atom is -0.478 e. The SMILES string of the molecule is O=C(O)[C@@H]1CN(C(=O)c2cccc(Cl)c2)c2ccccc2O1.